The summed E-state index contributed by atoms with van der Waals surface area (Å²) in [6.45, 7) is 0.735. The summed E-state index contributed by atoms with van der Waals surface area (Å²) in [4.78, 5) is 15.9. The summed E-state index contributed by atoms with van der Waals surface area (Å²) >= 11 is 5.80. The van der Waals surface area contributed by atoms with Gasteiger partial charge in [0.05, 0.1) is 25.9 Å². The van der Waals surface area contributed by atoms with Crippen molar-refractivity contribution >= 4 is 17.6 Å². The van der Waals surface area contributed by atoms with E-state index in [2.05, 4.69) is 10.1 Å². The molecule has 136 valence electrons. The zero-order valence-electron chi connectivity index (χ0n) is 13.9. The highest BCUT2D eigenvalue weighted by Gasteiger charge is 2.12. The SMILES string of the molecule is O=C(CCc1nc(-c2ccco2)no1)OCCCOc1ccc(Cl)cc1. The Kier molecular flexibility index (Phi) is 6.27. The van der Waals surface area contributed by atoms with Crippen LogP contribution in [0.4, 0.5) is 0 Å². The van der Waals surface area contributed by atoms with E-state index in [1.54, 1.807) is 36.4 Å². The van der Waals surface area contributed by atoms with E-state index in [1.165, 1.54) is 6.26 Å². The Bertz CT molecular complexity index is 814. The number of rotatable bonds is 9. The molecule has 0 aliphatic heterocycles. The van der Waals surface area contributed by atoms with Crippen molar-refractivity contribution in [3.05, 3.63) is 53.6 Å². The molecule has 0 saturated heterocycles. The van der Waals surface area contributed by atoms with E-state index in [9.17, 15) is 4.79 Å². The van der Waals surface area contributed by atoms with Gasteiger partial charge in [0.1, 0.15) is 5.75 Å². The molecule has 3 aromatic rings. The number of furan rings is 1. The molecule has 3 rings (SSSR count). The molecule has 8 heteroatoms. The van der Waals surface area contributed by atoms with Crippen molar-refractivity contribution in [2.24, 2.45) is 0 Å². The summed E-state index contributed by atoms with van der Waals surface area (Å²) in [5, 5.41) is 4.46. The number of carbonyl (C=O) groups is 1. The monoisotopic (exact) mass is 376 g/mol. The molecule has 7 nitrogen and oxygen atoms in total. The number of ether oxygens (including phenoxy) is 2. The summed E-state index contributed by atoms with van der Waals surface area (Å²) in [6.07, 6.45) is 2.60. The molecule has 2 heterocycles. The number of benzene rings is 1. The van der Waals surface area contributed by atoms with Crippen LogP contribution in [0.3, 0.4) is 0 Å². The zero-order chi connectivity index (χ0) is 18.2. The fourth-order valence-electron chi connectivity index (χ4n) is 2.11. The largest absolute Gasteiger partial charge is 0.493 e. The average Bonchev–Trinajstić information content (AvgIpc) is 3.33. The topological polar surface area (TPSA) is 87.6 Å². The van der Waals surface area contributed by atoms with E-state index in [0.29, 0.717) is 41.9 Å². The minimum Gasteiger partial charge on any atom is -0.493 e. The molecule has 0 aliphatic rings. The molecule has 0 N–H and O–H groups in total. The van der Waals surface area contributed by atoms with E-state index in [4.69, 9.17) is 30.0 Å². The maximum Gasteiger partial charge on any atom is 0.306 e. The first-order valence-corrected chi connectivity index (χ1v) is 8.49. The molecule has 0 radical (unpaired) electrons. The molecule has 2 aromatic heterocycles. The molecular formula is C18H17ClN2O5. The highest BCUT2D eigenvalue weighted by molar-refractivity contribution is 6.30. The van der Waals surface area contributed by atoms with E-state index in [1.807, 2.05) is 0 Å². The molecule has 0 saturated carbocycles. The molecule has 0 bridgehead atoms. The molecule has 0 fully saturated rings. The second-order valence-electron chi connectivity index (χ2n) is 5.37. The number of aryl methyl sites for hydroxylation is 1. The summed E-state index contributed by atoms with van der Waals surface area (Å²) in [5.41, 5.74) is 0. The number of carbonyl (C=O) groups excluding carboxylic acids is 1. The molecule has 0 amide bonds. The third-order valence-electron chi connectivity index (χ3n) is 3.39. The number of nitrogens with zero attached hydrogens (tertiary/aromatic N) is 2. The van der Waals surface area contributed by atoms with Gasteiger partial charge < -0.3 is 18.4 Å². The summed E-state index contributed by atoms with van der Waals surface area (Å²) in [7, 11) is 0. The van der Waals surface area contributed by atoms with Crippen molar-refractivity contribution in [1.82, 2.24) is 10.1 Å². The van der Waals surface area contributed by atoms with E-state index < -0.39 is 0 Å². The summed E-state index contributed by atoms with van der Waals surface area (Å²) < 4.78 is 20.9. The van der Waals surface area contributed by atoms with E-state index >= 15 is 0 Å². The average molecular weight is 377 g/mol. The predicted octanol–water partition coefficient (Wildman–Crippen LogP) is 3.93. The van der Waals surface area contributed by atoms with Crippen LogP contribution in [0.1, 0.15) is 18.7 Å². The Morgan fingerprint density at radius 1 is 1.15 bits per heavy atom. The lowest BCUT2D eigenvalue weighted by molar-refractivity contribution is -0.143. The maximum absolute atomic E-state index is 11.7. The van der Waals surface area contributed by atoms with Gasteiger partial charge >= 0.3 is 5.97 Å². The van der Waals surface area contributed by atoms with Gasteiger partial charge in [-0.05, 0) is 36.4 Å². The minimum absolute atomic E-state index is 0.165. The second-order valence-corrected chi connectivity index (χ2v) is 5.80. The second kappa shape index (κ2) is 9.05. The standard InChI is InChI=1S/C18H17ClN2O5/c19-13-4-6-14(7-5-13)23-11-2-12-25-17(22)9-8-16-20-18(21-26-16)15-3-1-10-24-15/h1,3-7,10H,2,8-9,11-12H2. The van der Waals surface area contributed by atoms with Crippen LogP contribution in [-0.4, -0.2) is 29.3 Å². The highest BCUT2D eigenvalue weighted by Crippen LogP contribution is 2.17. The molecule has 0 unspecified atom stereocenters. The van der Waals surface area contributed by atoms with Gasteiger partial charge in [0.15, 0.2) is 5.76 Å². The van der Waals surface area contributed by atoms with Crippen molar-refractivity contribution in [2.75, 3.05) is 13.2 Å². The number of halogens is 1. The third kappa shape index (κ3) is 5.35. The quantitative estimate of drug-likeness (QED) is 0.413. The molecule has 0 spiro atoms. The van der Waals surface area contributed by atoms with Gasteiger partial charge in [-0.25, -0.2) is 0 Å². The first kappa shape index (κ1) is 18.0. The summed E-state index contributed by atoms with van der Waals surface area (Å²) in [6, 6.07) is 10.6. The normalized spacial score (nSPS) is 10.7. The van der Waals surface area contributed by atoms with Crippen LogP contribution in [0, 0.1) is 0 Å². The third-order valence-corrected chi connectivity index (χ3v) is 3.64. The fourth-order valence-corrected chi connectivity index (χ4v) is 2.24. The zero-order valence-corrected chi connectivity index (χ0v) is 14.6. The van der Waals surface area contributed by atoms with Crippen molar-refractivity contribution in [2.45, 2.75) is 19.3 Å². The van der Waals surface area contributed by atoms with E-state index in [0.717, 1.165) is 5.75 Å². The van der Waals surface area contributed by atoms with Gasteiger partial charge in [0.25, 0.3) is 0 Å². The van der Waals surface area contributed by atoms with Crippen LogP contribution >= 0.6 is 11.6 Å². The number of aromatic nitrogens is 2. The minimum atomic E-state index is -0.325. The Balaban J connectivity index is 1.30. The van der Waals surface area contributed by atoms with Crippen LogP contribution in [0.25, 0.3) is 11.6 Å². The van der Waals surface area contributed by atoms with Crippen LogP contribution < -0.4 is 4.74 Å². The van der Waals surface area contributed by atoms with E-state index in [-0.39, 0.29) is 19.0 Å². The molecule has 26 heavy (non-hydrogen) atoms. The lowest BCUT2D eigenvalue weighted by Gasteiger charge is -2.07. The fraction of sp³-hybridized carbons (Fsp3) is 0.278. The highest BCUT2D eigenvalue weighted by atomic mass is 35.5. The van der Waals surface area contributed by atoms with Crippen LogP contribution in [-0.2, 0) is 16.0 Å². The lowest BCUT2D eigenvalue weighted by Crippen LogP contribution is -2.09. The predicted molar refractivity (Wildman–Crippen MR) is 92.8 cm³/mol. The van der Waals surface area contributed by atoms with Crippen molar-refractivity contribution < 1.29 is 23.2 Å². The first-order chi connectivity index (χ1) is 12.7. The van der Waals surface area contributed by atoms with Gasteiger partial charge in [0, 0.05) is 17.9 Å². The number of hydrogen-bond acceptors (Lipinski definition) is 7. The lowest BCUT2D eigenvalue weighted by atomic mass is 10.3. The Labute approximate surface area is 154 Å². The van der Waals surface area contributed by atoms with Gasteiger partial charge in [-0.1, -0.05) is 16.8 Å². The first-order valence-electron chi connectivity index (χ1n) is 8.11. The van der Waals surface area contributed by atoms with Crippen LogP contribution in [0.5, 0.6) is 5.75 Å². The number of esters is 1. The smallest absolute Gasteiger partial charge is 0.306 e. The molecule has 0 aliphatic carbocycles. The van der Waals surface area contributed by atoms with Crippen LogP contribution in [0.2, 0.25) is 5.02 Å². The Morgan fingerprint density at radius 2 is 2.00 bits per heavy atom. The van der Waals surface area contributed by atoms with Gasteiger partial charge in [-0.3, -0.25) is 4.79 Å². The molecule has 0 atom stereocenters. The van der Waals surface area contributed by atoms with Crippen LogP contribution in [0.15, 0.2) is 51.6 Å². The van der Waals surface area contributed by atoms with Crippen molar-refractivity contribution in [1.29, 1.82) is 0 Å². The summed E-state index contributed by atoms with van der Waals surface area (Å²) in [5.74, 6) is 1.64. The Morgan fingerprint density at radius 3 is 2.77 bits per heavy atom. The van der Waals surface area contributed by atoms with Crippen molar-refractivity contribution in [3.63, 3.8) is 0 Å². The van der Waals surface area contributed by atoms with Gasteiger partial charge in [-0.2, -0.15) is 4.98 Å². The Hall–Kier alpha value is -2.80. The molecular weight excluding hydrogens is 360 g/mol. The maximum atomic E-state index is 11.7. The number of hydrogen-bond donors (Lipinski definition) is 0. The van der Waals surface area contributed by atoms with Gasteiger partial charge in [-0.15, -0.1) is 0 Å². The van der Waals surface area contributed by atoms with Gasteiger partial charge in [0.2, 0.25) is 11.7 Å². The van der Waals surface area contributed by atoms with Crippen molar-refractivity contribution in [3.8, 4) is 17.3 Å². The molecule has 1 aromatic carbocycles.